The van der Waals surface area contributed by atoms with Crippen LogP contribution < -0.4 is 4.72 Å². The number of nitrogens with one attached hydrogen (secondary N) is 1. The Labute approximate surface area is 152 Å². The molecule has 2 aromatic heterocycles. The topological polar surface area (TPSA) is 122 Å². The number of aromatic nitrogens is 2. The Hall–Kier alpha value is -1.82. The van der Waals surface area contributed by atoms with Gasteiger partial charge in [0.25, 0.3) is 0 Å². The van der Waals surface area contributed by atoms with Crippen molar-refractivity contribution in [2.24, 2.45) is 0 Å². The number of pyridine rings is 1. The minimum absolute atomic E-state index is 0.101. The van der Waals surface area contributed by atoms with Crippen LogP contribution in [0.1, 0.15) is 28.3 Å². The molecule has 11 heteroatoms. The molecule has 1 aliphatic heterocycles. The van der Waals surface area contributed by atoms with Crippen LogP contribution in [0.3, 0.4) is 0 Å². The summed E-state index contributed by atoms with van der Waals surface area (Å²) in [4.78, 5) is 4.45. The van der Waals surface area contributed by atoms with Crippen molar-refractivity contribution in [1.29, 1.82) is 0 Å². The molecule has 0 unspecified atom stereocenters. The van der Waals surface area contributed by atoms with Gasteiger partial charge in [-0.2, -0.15) is 4.31 Å². The minimum Gasteiger partial charge on any atom is -0.360 e. The van der Waals surface area contributed by atoms with E-state index in [4.69, 9.17) is 4.52 Å². The van der Waals surface area contributed by atoms with Gasteiger partial charge < -0.3 is 4.52 Å². The van der Waals surface area contributed by atoms with Crippen LogP contribution in [0, 0.1) is 13.8 Å². The molecule has 1 aliphatic rings. The molecular formula is C15H20N4O5S2. The largest absolute Gasteiger partial charge is 0.360 e. The van der Waals surface area contributed by atoms with E-state index in [0.29, 0.717) is 24.2 Å². The van der Waals surface area contributed by atoms with Crippen LogP contribution >= 0.6 is 0 Å². The Bertz CT molecular complexity index is 1020. The molecule has 0 saturated carbocycles. The molecule has 142 valence electrons. The van der Waals surface area contributed by atoms with Gasteiger partial charge in [-0.05, 0) is 31.0 Å². The quantitative estimate of drug-likeness (QED) is 0.774. The Kier molecular flexibility index (Phi) is 4.90. The highest BCUT2D eigenvalue weighted by Crippen LogP contribution is 2.28. The second-order valence-corrected chi connectivity index (χ2v) is 9.99. The first-order valence-electron chi connectivity index (χ1n) is 7.92. The van der Waals surface area contributed by atoms with Gasteiger partial charge in [-0.25, -0.2) is 21.6 Å². The zero-order chi connectivity index (χ0) is 19.1. The van der Waals surface area contributed by atoms with Crippen LogP contribution in [0.25, 0.3) is 0 Å². The predicted molar refractivity (Wildman–Crippen MR) is 93.2 cm³/mol. The van der Waals surface area contributed by atoms with E-state index in [1.165, 1.54) is 4.31 Å². The Morgan fingerprint density at radius 3 is 2.62 bits per heavy atom. The van der Waals surface area contributed by atoms with Gasteiger partial charge in [0, 0.05) is 37.9 Å². The lowest BCUT2D eigenvalue weighted by Gasteiger charge is -2.27. The summed E-state index contributed by atoms with van der Waals surface area (Å²) in [5.41, 5.74) is 2.58. The lowest BCUT2D eigenvalue weighted by molar-refractivity contribution is 0.380. The zero-order valence-electron chi connectivity index (χ0n) is 14.7. The molecule has 9 nitrogen and oxygen atoms in total. The number of sulfonamides is 2. The fourth-order valence-corrected chi connectivity index (χ4v) is 5.08. The van der Waals surface area contributed by atoms with Crippen molar-refractivity contribution in [3.8, 4) is 0 Å². The lowest BCUT2D eigenvalue weighted by Crippen LogP contribution is -2.37. The molecule has 3 heterocycles. The first-order chi connectivity index (χ1) is 12.1. The molecule has 0 fully saturated rings. The number of nitrogens with zero attached hydrogens (tertiary/aromatic N) is 3. The van der Waals surface area contributed by atoms with Crippen LogP contribution in [0.2, 0.25) is 0 Å². The maximum atomic E-state index is 13.0. The summed E-state index contributed by atoms with van der Waals surface area (Å²) in [5.74, 6) is 0.262. The third-order valence-electron chi connectivity index (χ3n) is 4.17. The fourth-order valence-electron chi connectivity index (χ4n) is 2.94. The molecule has 3 rings (SSSR count). The number of hydrogen-bond donors (Lipinski definition) is 1. The summed E-state index contributed by atoms with van der Waals surface area (Å²) in [6.07, 6.45) is 3.17. The summed E-state index contributed by atoms with van der Waals surface area (Å²) in [7, 11) is -7.05. The molecule has 26 heavy (non-hydrogen) atoms. The van der Waals surface area contributed by atoms with Crippen molar-refractivity contribution in [2.75, 3.05) is 12.8 Å². The van der Waals surface area contributed by atoms with E-state index in [2.05, 4.69) is 14.9 Å². The second kappa shape index (κ2) is 6.72. The van der Waals surface area contributed by atoms with Crippen molar-refractivity contribution < 1.29 is 21.4 Å². The maximum Gasteiger partial charge on any atom is 0.248 e. The van der Waals surface area contributed by atoms with Gasteiger partial charge in [0.05, 0.1) is 6.26 Å². The van der Waals surface area contributed by atoms with E-state index in [1.807, 2.05) is 0 Å². The third-order valence-corrected chi connectivity index (χ3v) is 6.92. The van der Waals surface area contributed by atoms with E-state index in [9.17, 15) is 16.8 Å². The van der Waals surface area contributed by atoms with Crippen LogP contribution in [-0.2, 0) is 39.6 Å². The van der Waals surface area contributed by atoms with Gasteiger partial charge >= 0.3 is 0 Å². The molecule has 1 N–H and O–H groups in total. The van der Waals surface area contributed by atoms with Gasteiger partial charge in [0.2, 0.25) is 20.0 Å². The number of hydrogen-bond acceptors (Lipinski definition) is 7. The molecule has 0 bridgehead atoms. The summed E-state index contributed by atoms with van der Waals surface area (Å²) in [6, 6.07) is 1.79. The molecule has 0 amide bonds. The lowest BCUT2D eigenvalue weighted by atomic mass is 10.1. The van der Waals surface area contributed by atoms with Gasteiger partial charge in [-0.3, -0.25) is 4.98 Å². The summed E-state index contributed by atoms with van der Waals surface area (Å²) >= 11 is 0. The average Bonchev–Trinajstić information content (AvgIpc) is 2.90. The average molecular weight is 400 g/mol. The summed E-state index contributed by atoms with van der Waals surface area (Å²) in [5, 5.41) is 3.72. The first-order valence-corrected chi connectivity index (χ1v) is 11.3. The van der Waals surface area contributed by atoms with E-state index in [1.54, 1.807) is 26.1 Å². The van der Waals surface area contributed by atoms with Crippen molar-refractivity contribution in [3.63, 3.8) is 0 Å². The van der Waals surface area contributed by atoms with Crippen LogP contribution in [-0.4, -0.2) is 44.1 Å². The van der Waals surface area contributed by atoms with Crippen molar-refractivity contribution >= 4 is 20.0 Å². The molecule has 0 saturated heterocycles. The summed E-state index contributed by atoms with van der Waals surface area (Å²) in [6.45, 7) is 3.75. The Balaban J connectivity index is 1.87. The van der Waals surface area contributed by atoms with Crippen molar-refractivity contribution in [2.45, 2.75) is 38.3 Å². The summed E-state index contributed by atoms with van der Waals surface area (Å²) < 4.78 is 57.2. The smallest absolute Gasteiger partial charge is 0.248 e. The van der Waals surface area contributed by atoms with Gasteiger partial charge in [-0.15, -0.1) is 0 Å². The molecule has 0 atom stereocenters. The maximum absolute atomic E-state index is 13.0. The van der Waals surface area contributed by atoms with Gasteiger partial charge in [0.1, 0.15) is 10.6 Å². The van der Waals surface area contributed by atoms with E-state index >= 15 is 0 Å². The zero-order valence-corrected chi connectivity index (χ0v) is 16.3. The highest BCUT2D eigenvalue weighted by molar-refractivity contribution is 7.89. The standard InChI is InChI=1S/C15H20N4O5S2/c1-10-15(11(2)24-18-10)26(22,23)19-5-4-14-13(9-19)6-12(7-16-14)8-17-25(3,20)21/h6-7,17H,4-5,8-9H2,1-3H3. The third kappa shape index (κ3) is 3.80. The fraction of sp³-hybridized carbons (Fsp3) is 0.467. The Morgan fingerprint density at radius 1 is 1.27 bits per heavy atom. The molecule has 0 radical (unpaired) electrons. The van der Waals surface area contributed by atoms with Crippen LogP contribution in [0.15, 0.2) is 21.7 Å². The van der Waals surface area contributed by atoms with Gasteiger partial charge in [-0.1, -0.05) is 5.16 Å². The van der Waals surface area contributed by atoms with Crippen LogP contribution in [0.5, 0.6) is 0 Å². The normalized spacial score (nSPS) is 15.8. The monoisotopic (exact) mass is 400 g/mol. The number of fused-ring (bicyclic) bond motifs is 1. The highest BCUT2D eigenvalue weighted by atomic mass is 32.2. The molecule has 2 aromatic rings. The molecule has 0 spiro atoms. The van der Waals surface area contributed by atoms with E-state index in [-0.39, 0.29) is 23.7 Å². The minimum atomic E-state index is -3.73. The highest BCUT2D eigenvalue weighted by Gasteiger charge is 2.33. The molecule has 0 aromatic carbocycles. The SMILES string of the molecule is Cc1noc(C)c1S(=O)(=O)N1CCc2ncc(CNS(C)(=O)=O)cc2C1. The van der Waals surface area contributed by atoms with Crippen LogP contribution in [0.4, 0.5) is 0 Å². The first kappa shape index (κ1) is 19.0. The molecular weight excluding hydrogens is 380 g/mol. The number of aryl methyl sites for hydroxylation is 2. The Morgan fingerprint density at radius 2 is 2.00 bits per heavy atom. The second-order valence-electron chi connectivity index (χ2n) is 6.28. The van der Waals surface area contributed by atoms with Crippen molar-refractivity contribution in [3.05, 3.63) is 40.5 Å². The number of rotatable bonds is 5. The molecule has 0 aliphatic carbocycles. The van der Waals surface area contributed by atoms with E-state index in [0.717, 1.165) is 17.5 Å². The van der Waals surface area contributed by atoms with Gasteiger partial charge in [0.15, 0.2) is 5.76 Å². The van der Waals surface area contributed by atoms with E-state index < -0.39 is 20.0 Å². The van der Waals surface area contributed by atoms with Crippen molar-refractivity contribution in [1.82, 2.24) is 19.2 Å². The predicted octanol–water partition coefficient (Wildman–Crippen LogP) is 0.483.